The van der Waals surface area contributed by atoms with E-state index in [1.54, 1.807) is 13.8 Å². The summed E-state index contributed by atoms with van der Waals surface area (Å²) in [5.74, 6) is 0. The summed E-state index contributed by atoms with van der Waals surface area (Å²) in [5.41, 5.74) is -0.950. The minimum atomic E-state index is -3.79. The molecule has 0 fully saturated rings. The zero-order chi connectivity index (χ0) is 15.8. The summed E-state index contributed by atoms with van der Waals surface area (Å²) >= 11 is 0. The van der Waals surface area contributed by atoms with Crippen molar-refractivity contribution in [3.63, 3.8) is 0 Å². The molecule has 8 heteroatoms. The largest absolute Gasteiger partial charge is 0.394 e. The Labute approximate surface area is 120 Å². The van der Waals surface area contributed by atoms with Crippen LogP contribution in [-0.4, -0.2) is 51.7 Å². The van der Waals surface area contributed by atoms with Crippen molar-refractivity contribution in [1.82, 2.24) is 4.31 Å². The van der Waals surface area contributed by atoms with E-state index in [9.17, 15) is 21.9 Å². The number of nitrogens with zero attached hydrogens (tertiary/aromatic N) is 1. The SMILES string of the molecule is CN(C(C)(C)CO)S(=O)(=O)c1ccc(S(C)(=O)=O)cc1. The van der Waals surface area contributed by atoms with Crippen LogP contribution in [0.25, 0.3) is 0 Å². The van der Waals surface area contributed by atoms with Crippen LogP contribution in [-0.2, 0) is 19.9 Å². The van der Waals surface area contributed by atoms with Gasteiger partial charge in [0.25, 0.3) is 0 Å². The number of sulfone groups is 1. The van der Waals surface area contributed by atoms with Gasteiger partial charge in [-0.25, -0.2) is 16.8 Å². The lowest BCUT2D eigenvalue weighted by atomic mass is 10.1. The third kappa shape index (κ3) is 3.38. The Morgan fingerprint density at radius 1 is 1.05 bits per heavy atom. The molecule has 1 N–H and O–H groups in total. The zero-order valence-electron chi connectivity index (χ0n) is 11.9. The fourth-order valence-corrected chi connectivity index (χ4v) is 3.58. The lowest BCUT2D eigenvalue weighted by Crippen LogP contribution is -2.47. The van der Waals surface area contributed by atoms with Crippen molar-refractivity contribution in [1.29, 1.82) is 0 Å². The summed E-state index contributed by atoms with van der Waals surface area (Å²) in [6, 6.07) is 5.00. The van der Waals surface area contributed by atoms with Crippen LogP contribution in [0.4, 0.5) is 0 Å². The molecule has 0 saturated carbocycles. The van der Waals surface area contributed by atoms with Gasteiger partial charge in [-0.05, 0) is 38.1 Å². The molecule has 1 aromatic rings. The van der Waals surface area contributed by atoms with E-state index < -0.39 is 25.4 Å². The van der Waals surface area contributed by atoms with Gasteiger partial charge in [-0.15, -0.1) is 0 Å². The molecule has 1 aromatic carbocycles. The van der Waals surface area contributed by atoms with Crippen LogP contribution in [0.2, 0.25) is 0 Å². The van der Waals surface area contributed by atoms with Crippen molar-refractivity contribution >= 4 is 19.9 Å². The second kappa shape index (κ2) is 5.44. The number of aliphatic hydroxyl groups is 1. The van der Waals surface area contributed by atoms with Crippen LogP contribution in [0, 0.1) is 0 Å². The molecule has 0 bridgehead atoms. The molecule has 0 aliphatic carbocycles. The van der Waals surface area contributed by atoms with Gasteiger partial charge in [0.1, 0.15) is 0 Å². The van der Waals surface area contributed by atoms with E-state index >= 15 is 0 Å². The highest BCUT2D eigenvalue weighted by atomic mass is 32.2. The lowest BCUT2D eigenvalue weighted by molar-refractivity contribution is 0.138. The highest BCUT2D eigenvalue weighted by Gasteiger charge is 2.33. The topological polar surface area (TPSA) is 91.8 Å². The average Bonchev–Trinajstić information content (AvgIpc) is 2.37. The molecule has 0 amide bonds. The Hall–Kier alpha value is -0.960. The van der Waals surface area contributed by atoms with E-state index in [4.69, 9.17) is 0 Å². The molecule has 20 heavy (non-hydrogen) atoms. The van der Waals surface area contributed by atoms with Crippen LogP contribution >= 0.6 is 0 Å². The number of benzene rings is 1. The smallest absolute Gasteiger partial charge is 0.243 e. The highest BCUT2D eigenvalue weighted by Crippen LogP contribution is 2.23. The fourth-order valence-electron chi connectivity index (χ4n) is 1.44. The normalized spacial score (nSPS) is 13.7. The predicted molar refractivity (Wildman–Crippen MR) is 75.7 cm³/mol. The van der Waals surface area contributed by atoms with Crippen molar-refractivity contribution in [3.05, 3.63) is 24.3 Å². The van der Waals surface area contributed by atoms with Crippen molar-refractivity contribution < 1.29 is 21.9 Å². The van der Waals surface area contributed by atoms with Gasteiger partial charge >= 0.3 is 0 Å². The highest BCUT2D eigenvalue weighted by molar-refractivity contribution is 7.90. The van der Waals surface area contributed by atoms with E-state index in [-0.39, 0.29) is 16.4 Å². The first-order valence-electron chi connectivity index (χ1n) is 5.83. The van der Waals surface area contributed by atoms with Gasteiger partial charge in [-0.1, -0.05) is 0 Å². The van der Waals surface area contributed by atoms with Crippen LogP contribution in [0.1, 0.15) is 13.8 Å². The summed E-state index contributed by atoms with van der Waals surface area (Å²) in [4.78, 5) is 0.0365. The van der Waals surface area contributed by atoms with E-state index in [2.05, 4.69) is 0 Å². The Kier molecular flexibility index (Phi) is 4.65. The van der Waals surface area contributed by atoms with Crippen molar-refractivity contribution in [2.24, 2.45) is 0 Å². The first-order valence-corrected chi connectivity index (χ1v) is 9.16. The number of aliphatic hydroxyl groups excluding tert-OH is 1. The third-order valence-electron chi connectivity index (χ3n) is 3.15. The first-order chi connectivity index (χ1) is 8.93. The van der Waals surface area contributed by atoms with Gasteiger partial charge in [0.05, 0.1) is 21.9 Å². The lowest BCUT2D eigenvalue weighted by Gasteiger charge is -2.32. The Morgan fingerprint density at radius 2 is 1.45 bits per heavy atom. The Balaban J connectivity index is 3.25. The molecule has 0 aliphatic rings. The van der Waals surface area contributed by atoms with Gasteiger partial charge < -0.3 is 5.11 Å². The molecular formula is C12H19NO5S2. The molecule has 0 radical (unpaired) electrons. The van der Waals surface area contributed by atoms with Gasteiger partial charge in [0.2, 0.25) is 10.0 Å². The van der Waals surface area contributed by atoms with Crippen LogP contribution in [0.3, 0.4) is 0 Å². The zero-order valence-corrected chi connectivity index (χ0v) is 13.5. The number of likely N-dealkylation sites (N-methyl/N-ethyl adjacent to an activating group) is 1. The van der Waals surface area contributed by atoms with Gasteiger partial charge in [-0.3, -0.25) is 0 Å². The van der Waals surface area contributed by atoms with Gasteiger partial charge in [0.15, 0.2) is 9.84 Å². The summed E-state index contributed by atoms with van der Waals surface area (Å²) < 4.78 is 48.5. The first kappa shape index (κ1) is 17.1. The molecule has 6 nitrogen and oxygen atoms in total. The number of rotatable bonds is 5. The van der Waals surface area contributed by atoms with Gasteiger partial charge in [0, 0.05) is 13.3 Å². The minimum Gasteiger partial charge on any atom is -0.394 e. The standard InChI is InChI=1S/C12H19NO5S2/c1-12(2,9-14)13(3)20(17,18)11-7-5-10(6-8-11)19(4,15)16/h5-8,14H,9H2,1-4H3. The van der Waals surface area contributed by atoms with E-state index in [0.717, 1.165) is 10.6 Å². The Morgan fingerprint density at radius 3 is 1.80 bits per heavy atom. The summed E-state index contributed by atoms with van der Waals surface area (Å²) in [6.45, 7) is 2.86. The quantitative estimate of drug-likeness (QED) is 0.852. The molecule has 1 rings (SSSR count). The molecule has 0 unspecified atom stereocenters. The van der Waals surface area contributed by atoms with Crippen LogP contribution in [0.15, 0.2) is 34.1 Å². The molecular weight excluding hydrogens is 302 g/mol. The Bertz CT molecular complexity index is 675. The summed E-state index contributed by atoms with van der Waals surface area (Å²) in [6.07, 6.45) is 1.05. The third-order valence-corrected chi connectivity index (χ3v) is 6.36. The summed E-state index contributed by atoms with van der Waals surface area (Å²) in [7, 11) is -5.79. The fraction of sp³-hybridized carbons (Fsp3) is 0.500. The second-order valence-electron chi connectivity index (χ2n) is 5.19. The molecule has 0 atom stereocenters. The molecule has 0 aliphatic heterocycles. The molecule has 0 spiro atoms. The monoisotopic (exact) mass is 321 g/mol. The van der Waals surface area contributed by atoms with Crippen molar-refractivity contribution in [2.45, 2.75) is 29.2 Å². The minimum absolute atomic E-state index is 0.0195. The number of sulfonamides is 1. The molecule has 0 heterocycles. The second-order valence-corrected chi connectivity index (χ2v) is 9.17. The maximum Gasteiger partial charge on any atom is 0.243 e. The summed E-state index contributed by atoms with van der Waals surface area (Å²) in [5, 5.41) is 9.24. The molecule has 114 valence electrons. The maximum absolute atomic E-state index is 12.4. The van der Waals surface area contributed by atoms with Gasteiger partial charge in [-0.2, -0.15) is 4.31 Å². The predicted octanol–water partition coefficient (Wildman–Crippen LogP) is 0.481. The average molecular weight is 321 g/mol. The number of hydrogen-bond acceptors (Lipinski definition) is 5. The maximum atomic E-state index is 12.4. The van der Waals surface area contributed by atoms with Crippen LogP contribution < -0.4 is 0 Å². The molecule has 0 saturated heterocycles. The van der Waals surface area contributed by atoms with E-state index in [1.807, 2.05) is 0 Å². The van der Waals surface area contributed by atoms with Crippen LogP contribution in [0.5, 0.6) is 0 Å². The van der Waals surface area contributed by atoms with Crippen molar-refractivity contribution in [3.8, 4) is 0 Å². The number of hydrogen-bond donors (Lipinski definition) is 1. The molecule has 0 aromatic heterocycles. The van der Waals surface area contributed by atoms with E-state index in [1.165, 1.54) is 31.3 Å². The van der Waals surface area contributed by atoms with Crippen molar-refractivity contribution in [2.75, 3.05) is 19.9 Å². The van der Waals surface area contributed by atoms with E-state index in [0.29, 0.717) is 0 Å².